The van der Waals surface area contributed by atoms with Gasteiger partial charge in [0.25, 0.3) is 0 Å². The Morgan fingerprint density at radius 3 is 2.38 bits per heavy atom. The first kappa shape index (κ1) is 15.7. The number of ketones is 1. The average Bonchev–Trinajstić information content (AvgIpc) is 2.67. The lowest BCUT2D eigenvalue weighted by atomic mass is 10.1. The second-order valence-electron chi connectivity index (χ2n) is 5.26. The lowest BCUT2D eigenvalue weighted by Gasteiger charge is -2.06. The number of ether oxygens (including phenoxy) is 1. The van der Waals surface area contributed by atoms with E-state index in [2.05, 4.69) is 4.98 Å². The molecule has 0 bridgehead atoms. The number of nitrogens with zero attached hydrogens (tertiary/aromatic N) is 1. The van der Waals surface area contributed by atoms with Crippen LogP contribution in [0.1, 0.15) is 21.6 Å². The third-order valence-corrected chi connectivity index (χ3v) is 3.47. The van der Waals surface area contributed by atoms with E-state index in [-0.39, 0.29) is 5.78 Å². The quantitative estimate of drug-likeness (QED) is 0.494. The molecular formula is C21H17NO2. The minimum atomic E-state index is -0.111. The van der Waals surface area contributed by atoms with Gasteiger partial charge in [-0.15, -0.1) is 0 Å². The number of benzene rings is 2. The monoisotopic (exact) mass is 315 g/mol. The van der Waals surface area contributed by atoms with Crippen LogP contribution in [0.25, 0.3) is 6.08 Å². The summed E-state index contributed by atoms with van der Waals surface area (Å²) in [5.74, 6) is 0.687. The molecule has 0 unspecified atom stereocenters. The largest absolute Gasteiger partial charge is 0.489 e. The van der Waals surface area contributed by atoms with E-state index in [0.29, 0.717) is 12.3 Å². The van der Waals surface area contributed by atoms with Crippen molar-refractivity contribution in [3.05, 3.63) is 102 Å². The van der Waals surface area contributed by atoms with E-state index in [1.165, 1.54) is 6.08 Å². The number of carbonyl (C=O) groups is 1. The summed E-state index contributed by atoms with van der Waals surface area (Å²) in [7, 11) is 0. The summed E-state index contributed by atoms with van der Waals surface area (Å²) in [4.78, 5) is 16.0. The number of rotatable bonds is 6. The summed E-state index contributed by atoms with van der Waals surface area (Å²) in [6, 6.07) is 22.9. The summed E-state index contributed by atoms with van der Waals surface area (Å²) < 4.78 is 5.74. The molecule has 0 spiro atoms. The smallest absolute Gasteiger partial charge is 0.204 e. The fourth-order valence-electron chi connectivity index (χ4n) is 2.18. The molecular weight excluding hydrogens is 298 g/mol. The normalized spacial score (nSPS) is 10.7. The van der Waals surface area contributed by atoms with Gasteiger partial charge in [-0.2, -0.15) is 0 Å². The minimum Gasteiger partial charge on any atom is -0.489 e. The summed E-state index contributed by atoms with van der Waals surface area (Å²) in [6.07, 6.45) is 4.92. The number of allylic oxidation sites excluding steroid dienone is 1. The van der Waals surface area contributed by atoms with Crippen molar-refractivity contribution in [1.82, 2.24) is 4.98 Å². The highest BCUT2D eigenvalue weighted by molar-refractivity contribution is 6.05. The van der Waals surface area contributed by atoms with Crippen molar-refractivity contribution in [2.75, 3.05) is 0 Å². The Hall–Kier alpha value is -3.20. The minimum absolute atomic E-state index is 0.111. The maximum Gasteiger partial charge on any atom is 0.204 e. The van der Waals surface area contributed by atoms with Gasteiger partial charge in [0, 0.05) is 6.20 Å². The first-order valence-electron chi connectivity index (χ1n) is 7.71. The van der Waals surface area contributed by atoms with Crippen molar-refractivity contribution < 1.29 is 9.53 Å². The van der Waals surface area contributed by atoms with Crippen LogP contribution in [0.4, 0.5) is 0 Å². The van der Waals surface area contributed by atoms with E-state index < -0.39 is 0 Å². The first-order chi connectivity index (χ1) is 11.8. The van der Waals surface area contributed by atoms with Crippen LogP contribution in [0.5, 0.6) is 5.75 Å². The molecule has 1 aromatic heterocycles. The molecule has 0 atom stereocenters. The van der Waals surface area contributed by atoms with E-state index >= 15 is 0 Å². The fourth-order valence-corrected chi connectivity index (χ4v) is 2.18. The number of carbonyl (C=O) groups excluding carboxylic acids is 1. The third kappa shape index (κ3) is 4.40. The fraction of sp³-hybridized carbons (Fsp3) is 0.0476. The van der Waals surface area contributed by atoms with Crippen LogP contribution in [0, 0.1) is 0 Å². The maximum atomic E-state index is 12.0. The van der Waals surface area contributed by atoms with Gasteiger partial charge >= 0.3 is 0 Å². The molecule has 3 aromatic rings. The lowest BCUT2D eigenvalue weighted by Crippen LogP contribution is -1.96. The first-order valence-corrected chi connectivity index (χ1v) is 7.71. The van der Waals surface area contributed by atoms with Gasteiger partial charge in [0.15, 0.2) is 0 Å². The Bertz CT molecular complexity index is 809. The Morgan fingerprint density at radius 2 is 1.67 bits per heavy atom. The highest BCUT2D eigenvalue weighted by atomic mass is 16.5. The molecule has 0 aliphatic rings. The molecule has 0 aliphatic carbocycles. The molecule has 118 valence electrons. The molecule has 0 radical (unpaired) electrons. The van der Waals surface area contributed by atoms with E-state index in [1.54, 1.807) is 30.5 Å². The molecule has 0 saturated carbocycles. The van der Waals surface area contributed by atoms with Crippen molar-refractivity contribution in [1.29, 1.82) is 0 Å². The van der Waals surface area contributed by atoms with Gasteiger partial charge in [-0.3, -0.25) is 9.78 Å². The molecule has 24 heavy (non-hydrogen) atoms. The zero-order chi connectivity index (χ0) is 16.6. The summed E-state index contributed by atoms with van der Waals surface area (Å²) >= 11 is 0. The van der Waals surface area contributed by atoms with Crippen LogP contribution >= 0.6 is 0 Å². The van der Waals surface area contributed by atoms with Gasteiger partial charge in [-0.25, -0.2) is 0 Å². The van der Waals surface area contributed by atoms with Crippen molar-refractivity contribution in [2.45, 2.75) is 6.61 Å². The van der Waals surface area contributed by atoms with Crippen molar-refractivity contribution >= 4 is 11.9 Å². The zero-order valence-corrected chi connectivity index (χ0v) is 13.1. The predicted octanol–water partition coefficient (Wildman–Crippen LogP) is 4.56. The average molecular weight is 315 g/mol. The SMILES string of the molecule is O=C(C=Cc1ccc(OCc2ccccc2)cc1)c1ccccn1. The second kappa shape index (κ2) is 7.88. The van der Waals surface area contributed by atoms with Gasteiger partial charge < -0.3 is 4.74 Å². The third-order valence-electron chi connectivity index (χ3n) is 3.47. The molecule has 0 amide bonds. The molecule has 3 heteroatoms. The molecule has 0 fully saturated rings. The predicted molar refractivity (Wildman–Crippen MR) is 94.8 cm³/mol. The molecule has 0 aliphatic heterocycles. The van der Waals surface area contributed by atoms with Crippen LogP contribution in [0.3, 0.4) is 0 Å². The van der Waals surface area contributed by atoms with Crippen LogP contribution in [0.15, 0.2) is 85.1 Å². The van der Waals surface area contributed by atoms with Gasteiger partial charge in [0.2, 0.25) is 5.78 Å². The van der Waals surface area contributed by atoms with Crippen LogP contribution in [-0.4, -0.2) is 10.8 Å². The van der Waals surface area contributed by atoms with Crippen LogP contribution in [0.2, 0.25) is 0 Å². The topological polar surface area (TPSA) is 39.2 Å². The molecule has 1 heterocycles. The number of aromatic nitrogens is 1. The van der Waals surface area contributed by atoms with Gasteiger partial charge in [-0.1, -0.05) is 54.6 Å². The van der Waals surface area contributed by atoms with E-state index in [0.717, 1.165) is 16.9 Å². The Morgan fingerprint density at radius 1 is 0.917 bits per heavy atom. The number of hydrogen-bond acceptors (Lipinski definition) is 3. The summed E-state index contributed by atoms with van der Waals surface area (Å²) in [6.45, 7) is 0.536. The maximum absolute atomic E-state index is 12.0. The molecule has 3 nitrogen and oxygen atoms in total. The van der Waals surface area contributed by atoms with Crippen LogP contribution < -0.4 is 4.74 Å². The van der Waals surface area contributed by atoms with Crippen molar-refractivity contribution in [3.8, 4) is 5.75 Å². The Kier molecular flexibility index (Phi) is 5.15. The standard InChI is InChI=1S/C21H17NO2/c23-21(20-8-4-5-15-22-20)14-11-17-9-12-19(13-10-17)24-16-18-6-2-1-3-7-18/h1-15H,16H2. The molecule has 0 saturated heterocycles. The second-order valence-corrected chi connectivity index (χ2v) is 5.26. The number of pyridine rings is 1. The number of hydrogen-bond donors (Lipinski definition) is 0. The van der Waals surface area contributed by atoms with Crippen LogP contribution in [-0.2, 0) is 6.61 Å². The highest BCUT2D eigenvalue weighted by Crippen LogP contribution is 2.15. The Balaban J connectivity index is 1.58. The van der Waals surface area contributed by atoms with Crippen molar-refractivity contribution in [2.24, 2.45) is 0 Å². The zero-order valence-electron chi connectivity index (χ0n) is 13.1. The van der Waals surface area contributed by atoms with Gasteiger partial charge in [-0.05, 0) is 41.5 Å². The summed E-state index contributed by atoms with van der Waals surface area (Å²) in [5, 5.41) is 0. The van der Waals surface area contributed by atoms with E-state index in [4.69, 9.17) is 4.74 Å². The van der Waals surface area contributed by atoms with Crippen molar-refractivity contribution in [3.63, 3.8) is 0 Å². The summed E-state index contributed by atoms with van der Waals surface area (Å²) in [5.41, 5.74) is 2.50. The molecule has 3 rings (SSSR count). The lowest BCUT2D eigenvalue weighted by molar-refractivity contribution is 0.104. The van der Waals surface area contributed by atoms with E-state index in [9.17, 15) is 4.79 Å². The Labute approximate surface area is 141 Å². The highest BCUT2D eigenvalue weighted by Gasteiger charge is 2.01. The van der Waals surface area contributed by atoms with E-state index in [1.807, 2.05) is 54.6 Å². The molecule has 0 N–H and O–H groups in total. The van der Waals surface area contributed by atoms with Gasteiger partial charge in [0.05, 0.1) is 0 Å². The molecule has 2 aromatic carbocycles. The van der Waals surface area contributed by atoms with Gasteiger partial charge in [0.1, 0.15) is 18.1 Å².